The number of rotatable bonds is 6. The van der Waals surface area contributed by atoms with Gasteiger partial charge in [0.1, 0.15) is 11.6 Å². The molecule has 180 valence electrons. The van der Waals surface area contributed by atoms with Crippen molar-refractivity contribution in [3.63, 3.8) is 0 Å². The molecule has 3 heterocycles. The van der Waals surface area contributed by atoms with Crippen molar-refractivity contribution in [1.82, 2.24) is 24.3 Å². The number of ether oxygens (including phenoxy) is 1. The lowest BCUT2D eigenvalue weighted by atomic mass is 10.0. The first kappa shape index (κ1) is 22.9. The fourth-order valence-electron chi connectivity index (χ4n) is 5.26. The molecule has 3 aromatic rings. The molecule has 1 amide bonds. The average Bonchev–Trinajstić information content (AvgIpc) is 3.23. The van der Waals surface area contributed by atoms with Crippen LogP contribution in [0, 0.1) is 0 Å². The van der Waals surface area contributed by atoms with Crippen LogP contribution in [0.15, 0.2) is 48.5 Å². The van der Waals surface area contributed by atoms with Gasteiger partial charge < -0.3 is 9.64 Å². The van der Waals surface area contributed by atoms with E-state index in [1.807, 2.05) is 18.2 Å². The predicted molar refractivity (Wildman–Crippen MR) is 134 cm³/mol. The number of hydrogen-bond donors (Lipinski definition) is 0. The number of piperazine rings is 1. The van der Waals surface area contributed by atoms with Gasteiger partial charge in [0.05, 0.1) is 31.2 Å². The van der Waals surface area contributed by atoms with Crippen LogP contribution in [0.4, 0.5) is 0 Å². The molecule has 0 saturated carbocycles. The number of benzene rings is 2. The molecule has 34 heavy (non-hydrogen) atoms. The number of imidazole rings is 1. The van der Waals surface area contributed by atoms with Gasteiger partial charge >= 0.3 is 0 Å². The summed E-state index contributed by atoms with van der Waals surface area (Å²) >= 11 is 0. The van der Waals surface area contributed by atoms with Gasteiger partial charge in [-0.15, -0.1) is 0 Å². The number of fused-ring (bicyclic) bond motifs is 1. The van der Waals surface area contributed by atoms with Crippen LogP contribution in [0.25, 0.3) is 16.7 Å². The molecule has 0 bridgehead atoms. The molecule has 2 fully saturated rings. The molecule has 1 unspecified atom stereocenters. The number of hydrogen-bond acceptors (Lipinski definition) is 5. The van der Waals surface area contributed by atoms with Crippen LogP contribution < -0.4 is 4.74 Å². The highest BCUT2D eigenvalue weighted by Gasteiger charge is 2.27. The Morgan fingerprint density at radius 3 is 2.44 bits per heavy atom. The number of amides is 1. The zero-order chi connectivity index (χ0) is 23.5. The van der Waals surface area contributed by atoms with Crippen LogP contribution in [0.3, 0.4) is 0 Å². The zero-order valence-electron chi connectivity index (χ0n) is 20.3. The summed E-state index contributed by atoms with van der Waals surface area (Å²) in [7, 11) is 1.69. The topological polar surface area (TPSA) is 53.8 Å². The number of piperidine rings is 1. The van der Waals surface area contributed by atoms with Crippen molar-refractivity contribution in [2.24, 2.45) is 0 Å². The first-order chi connectivity index (χ1) is 16.6. The Morgan fingerprint density at radius 1 is 0.971 bits per heavy atom. The molecule has 1 aromatic heterocycles. The van der Waals surface area contributed by atoms with Crippen molar-refractivity contribution in [3.05, 3.63) is 54.4 Å². The van der Waals surface area contributed by atoms with E-state index in [-0.39, 0.29) is 0 Å². The minimum atomic E-state index is 0.293. The van der Waals surface area contributed by atoms with E-state index >= 15 is 0 Å². The summed E-state index contributed by atoms with van der Waals surface area (Å²) in [6.45, 7) is 8.14. The summed E-state index contributed by atoms with van der Waals surface area (Å²) in [6, 6.07) is 16.8. The number of carbonyl (C=O) groups excluding carboxylic acids is 1. The van der Waals surface area contributed by atoms with E-state index in [1.54, 1.807) is 7.11 Å². The van der Waals surface area contributed by atoms with Gasteiger partial charge in [0.25, 0.3) is 0 Å². The number of para-hydroxylation sites is 2. The molecule has 0 radical (unpaired) electrons. The molecule has 0 aliphatic carbocycles. The van der Waals surface area contributed by atoms with Gasteiger partial charge in [-0.25, -0.2) is 4.98 Å². The molecule has 0 N–H and O–H groups in total. The van der Waals surface area contributed by atoms with Gasteiger partial charge in [0, 0.05) is 44.5 Å². The third-order valence-corrected chi connectivity index (χ3v) is 7.27. The SMILES string of the molecule is COc1ccc(-n2c(CN3CCN(CC(=O)N4CCCCC4C)CC3)nc3ccccc32)cc1. The Bertz CT molecular complexity index is 1120. The Kier molecular flexibility index (Phi) is 6.83. The van der Waals surface area contributed by atoms with Crippen LogP contribution >= 0.6 is 0 Å². The van der Waals surface area contributed by atoms with Crippen LogP contribution in [0.1, 0.15) is 32.0 Å². The number of methoxy groups -OCH3 is 1. The van der Waals surface area contributed by atoms with E-state index < -0.39 is 0 Å². The highest BCUT2D eigenvalue weighted by atomic mass is 16.5. The van der Waals surface area contributed by atoms with E-state index in [0.717, 1.165) is 80.4 Å². The maximum Gasteiger partial charge on any atom is 0.236 e. The lowest BCUT2D eigenvalue weighted by molar-refractivity contribution is -0.136. The summed E-state index contributed by atoms with van der Waals surface area (Å²) in [5.74, 6) is 2.18. The van der Waals surface area contributed by atoms with Crippen molar-refractivity contribution in [2.75, 3.05) is 46.4 Å². The summed E-state index contributed by atoms with van der Waals surface area (Å²) in [6.07, 6.45) is 3.51. The molecular weight excluding hydrogens is 426 g/mol. The Balaban J connectivity index is 1.26. The Morgan fingerprint density at radius 2 is 1.71 bits per heavy atom. The monoisotopic (exact) mass is 461 g/mol. The minimum Gasteiger partial charge on any atom is -0.497 e. The maximum absolute atomic E-state index is 12.8. The highest BCUT2D eigenvalue weighted by Crippen LogP contribution is 2.24. The average molecular weight is 462 g/mol. The van der Waals surface area contributed by atoms with Crippen LogP contribution in [0.5, 0.6) is 5.75 Å². The van der Waals surface area contributed by atoms with Gasteiger partial charge in [-0.3, -0.25) is 19.2 Å². The number of aromatic nitrogens is 2. The van der Waals surface area contributed by atoms with Gasteiger partial charge in [-0.2, -0.15) is 0 Å². The van der Waals surface area contributed by atoms with E-state index in [0.29, 0.717) is 18.5 Å². The van der Waals surface area contributed by atoms with E-state index in [9.17, 15) is 4.79 Å². The third-order valence-electron chi connectivity index (χ3n) is 7.27. The Labute approximate surface area is 201 Å². The quantitative estimate of drug-likeness (QED) is 0.562. The van der Waals surface area contributed by atoms with E-state index in [4.69, 9.17) is 9.72 Å². The first-order valence-corrected chi connectivity index (χ1v) is 12.5. The fourth-order valence-corrected chi connectivity index (χ4v) is 5.26. The van der Waals surface area contributed by atoms with Gasteiger partial charge in [0.2, 0.25) is 5.91 Å². The van der Waals surface area contributed by atoms with Crippen molar-refractivity contribution in [2.45, 2.75) is 38.8 Å². The van der Waals surface area contributed by atoms with Crippen LogP contribution in [-0.2, 0) is 11.3 Å². The van der Waals surface area contributed by atoms with Crippen molar-refractivity contribution in [3.8, 4) is 11.4 Å². The van der Waals surface area contributed by atoms with E-state index in [1.165, 1.54) is 6.42 Å². The second-order valence-electron chi connectivity index (χ2n) is 9.53. The normalized spacial score (nSPS) is 20.1. The predicted octanol–water partition coefficient (Wildman–Crippen LogP) is 3.55. The number of likely N-dealkylation sites (tertiary alicyclic amines) is 1. The summed E-state index contributed by atoms with van der Waals surface area (Å²) in [5, 5.41) is 0. The minimum absolute atomic E-state index is 0.293. The van der Waals surface area contributed by atoms with Gasteiger partial charge in [-0.05, 0) is 62.6 Å². The lowest BCUT2D eigenvalue weighted by Gasteiger charge is -2.38. The van der Waals surface area contributed by atoms with Gasteiger partial charge in [0.15, 0.2) is 0 Å². The molecule has 7 nitrogen and oxygen atoms in total. The van der Waals surface area contributed by atoms with Crippen molar-refractivity contribution < 1.29 is 9.53 Å². The maximum atomic E-state index is 12.8. The Hall–Kier alpha value is -2.90. The van der Waals surface area contributed by atoms with Crippen LogP contribution in [-0.4, -0.2) is 82.6 Å². The molecule has 1 atom stereocenters. The van der Waals surface area contributed by atoms with E-state index in [2.05, 4.69) is 56.5 Å². The molecule has 5 rings (SSSR count). The summed E-state index contributed by atoms with van der Waals surface area (Å²) < 4.78 is 7.60. The number of carbonyl (C=O) groups is 1. The fraction of sp³-hybridized carbons (Fsp3) is 0.481. The third kappa shape index (κ3) is 4.81. The molecule has 2 aliphatic heterocycles. The van der Waals surface area contributed by atoms with Crippen molar-refractivity contribution >= 4 is 16.9 Å². The molecule has 2 aliphatic rings. The molecule has 7 heteroatoms. The second kappa shape index (κ2) is 10.2. The van der Waals surface area contributed by atoms with Crippen molar-refractivity contribution in [1.29, 1.82) is 0 Å². The summed E-state index contributed by atoms with van der Waals surface area (Å²) in [4.78, 5) is 24.7. The largest absolute Gasteiger partial charge is 0.497 e. The lowest BCUT2D eigenvalue weighted by Crippen LogP contribution is -2.52. The molecule has 2 saturated heterocycles. The first-order valence-electron chi connectivity index (χ1n) is 12.5. The second-order valence-corrected chi connectivity index (χ2v) is 9.53. The van der Waals surface area contributed by atoms with Gasteiger partial charge in [-0.1, -0.05) is 12.1 Å². The molecule has 0 spiro atoms. The zero-order valence-corrected chi connectivity index (χ0v) is 20.3. The molecule has 2 aromatic carbocycles. The molecular formula is C27H35N5O2. The smallest absolute Gasteiger partial charge is 0.236 e. The number of nitrogens with zero attached hydrogens (tertiary/aromatic N) is 5. The standard InChI is InChI=1S/C27H35N5O2/c1-21-7-5-6-14-31(21)27(33)20-30-17-15-29(16-18-30)19-26-28-24-8-3-4-9-25(24)32(26)22-10-12-23(34-2)13-11-22/h3-4,8-13,21H,5-7,14-20H2,1-2H3. The summed E-state index contributed by atoms with van der Waals surface area (Å²) in [5.41, 5.74) is 3.21. The van der Waals surface area contributed by atoms with Crippen LogP contribution in [0.2, 0.25) is 0 Å². The highest BCUT2D eigenvalue weighted by molar-refractivity contribution is 5.79.